The summed E-state index contributed by atoms with van der Waals surface area (Å²) in [7, 11) is -1.90. The number of nitrogens with one attached hydrogen (secondary N) is 2. The minimum Gasteiger partial charge on any atom is -0.353 e. The van der Waals surface area contributed by atoms with Gasteiger partial charge in [0.1, 0.15) is 11.3 Å². The van der Waals surface area contributed by atoms with Gasteiger partial charge in [-0.2, -0.15) is 5.10 Å². The highest BCUT2D eigenvalue weighted by Gasteiger charge is 2.18. The lowest BCUT2D eigenvalue weighted by Gasteiger charge is -2.16. The minimum absolute atomic E-state index is 0.0939. The number of rotatable bonds is 7. The highest BCUT2D eigenvalue weighted by molar-refractivity contribution is 7.92. The van der Waals surface area contributed by atoms with E-state index in [9.17, 15) is 17.6 Å². The van der Waals surface area contributed by atoms with E-state index in [1.807, 2.05) is 6.92 Å². The molecule has 2 N–H and O–H groups in total. The van der Waals surface area contributed by atoms with Crippen LogP contribution in [0.25, 0.3) is 22.0 Å². The SMILES string of the molecule is CCn1cc2c(=O)n(C)cc(-c3cc(NS(=O)(=O)CC)ccc3Nc3ccc(Cl)cc3F)c2n1. The van der Waals surface area contributed by atoms with Crippen molar-refractivity contribution in [1.29, 1.82) is 0 Å². The number of benzene rings is 2. The molecule has 0 radical (unpaired) electrons. The van der Waals surface area contributed by atoms with Crippen LogP contribution >= 0.6 is 11.6 Å². The second-order valence-electron chi connectivity index (χ2n) is 7.72. The second kappa shape index (κ2) is 9.11. The maximum atomic E-state index is 14.5. The molecule has 0 amide bonds. The minimum atomic E-state index is -3.53. The van der Waals surface area contributed by atoms with Crippen LogP contribution in [0.15, 0.2) is 53.6 Å². The third-order valence-corrected chi connectivity index (χ3v) is 6.92. The molecule has 0 unspecified atom stereocenters. The average Bonchev–Trinajstić information content (AvgIpc) is 3.24. The van der Waals surface area contributed by atoms with Gasteiger partial charge in [-0.3, -0.25) is 14.2 Å². The van der Waals surface area contributed by atoms with Gasteiger partial charge >= 0.3 is 0 Å². The van der Waals surface area contributed by atoms with E-state index in [-0.39, 0.29) is 22.0 Å². The Labute approximate surface area is 201 Å². The Morgan fingerprint density at radius 1 is 1.06 bits per heavy atom. The summed E-state index contributed by atoms with van der Waals surface area (Å²) >= 11 is 5.88. The smallest absolute Gasteiger partial charge is 0.261 e. The fraction of sp³-hybridized carbons (Fsp3) is 0.217. The zero-order chi connectivity index (χ0) is 24.6. The van der Waals surface area contributed by atoms with Crippen LogP contribution in [-0.4, -0.2) is 28.5 Å². The molecule has 4 rings (SSSR count). The normalized spacial score (nSPS) is 11.7. The molecule has 0 saturated carbocycles. The number of nitrogens with zero attached hydrogens (tertiary/aromatic N) is 3. The first-order chi connectivity index (χ1) is 16.1. The van der Waals surface area contributed by atoms with Crippen molar-refractivity contribution in [2.45, 2.75) is 20.4 Å². The number of hydrogen-bond acceptors (Lipinski definition) is 5. The molecule has 2 aromatic carbocycles. The molecule has 0 atom stereocenters. The number of halogens is 2. The third-order valence-electron chi connectivity index (χ3n) is 5.38. The lowest BCUT2D eigenvalue weighted by Crippen LogP contribution is -2.16. The Morgan fingerprint density at radius 3 is 2.47 bits per heavy atom. The predicted molar refractivity (Wildman–Crippen MR) is 134 cm³/mol. The molecule has 0 fully saturated rings. The van der Waals surface area contributed by atoms with Crippen molar-refractivity contribution in [3.05, 3.63) is 70.0 Å². The van der Waals surface area contributed by atoms with Gasteiger partial charge in [0, 0.05) is 53.5 Å². The number of sulfonamides is 1. The molecular weight excluding hydrogens is 481 g/mol. The number of hydrogen-bond donors (Lipinski definition) is 2. The Morgan fingerprint density at radius 2 is 1.79 bits per heavy atom. The summed E-state index contributed by atoms with van der Waals surface area (Å²) in [5.41, 5.74) is 2.38. The van der Waals surface area contributed by atoms with E-state index in [0.717, 1.165) is 0 Å². The van der Waals surface area contributed by atoms with Crippen molar-refractivity contribution < 1.29 is 12.8 Å². The molecule has 178 valence electrons. The van der Waals surface area contributed by atoms with Crippen LogP contribution in [0.1, 0.15) is 13.8 Å². The summed E-state index contributed by atoms with van der Waals surface area (Å²) in [6.45, 7) is 4.01. The van der Waals surface area contributed by atoms with Gasteiger partial charge in [0.15, 0.2) is 0 Å². The lowest BCUT2D eigenvalue weighted by atomic mass is 10.0. The van der Waals surface area contributed by atoms with Crippen LogP contribution in [0.2, 0.25) is 5.02 Å². The molecule has 8 nitrogen and oxygen atoms in total. The fourth-order valence-corrected chi connectivity index (χ4v) is 4.36. The maximum absolute atomic E-state index is 14.5. The molecule has 0 spiro atoms. The van der Waals surface area contributed by atoms with E-state index in [2.05, 4.69) is 15.1 Å². The molecular formula is C23H23ClFN5O3S. The van der Waals surface area contributed by atoms with Crippen LogP contribution in [0.4, 0.5) is 21.5 Å². The third kappa shape index (κ3) is 4.64. The van der Waals surface area contributed by atoms with Crippen molar-refractivity contribution >= 4 is 49.6 Å². The van der Waals surface area contributed by atoms with Crippen LogP contribution < -0.4 is 15.6 Å². The zero-order valence-corrected chi connectivity index (χ0v) is 20.3. The standard InChI is InChI=1S/C23H23ClFN5O3S/c1-4-30-13-18-22(27-30)17(12-29(3)23(18)31)16-11-15(28-34(32,33)5-2)7-9-20(16)26-21-8-6-14(24)10-19(21)25/h6-13,26,28H,4-5H2,1-3H3. The van der Waals surface area contributed by atoms with Crippen molar-refractivity contribution in [2.75, 3.05) is 15.8 Å². The Hall–Kier alpha value is -3.37. The summed E-state index contributed by atoms with van der Waals surface area (Å²) in [4.78, 5) is 12.7. The molecule has 0 saturated heterocycles. The summed E-state index contributed by atoms with van der Waals surface area (Å²) in [6.07, 6.45) is 3.31. The maximum Gasteiger partial charge on any atom is 0.261 e. The van der Waals surface area contributed by atoms with E-state index in [4.69, 9.17) is 11.6 Å². The number of pyridine rings is 1. The Bertz CT molecular complexity index is 1560. The largest absolute Gasteiger partial charge is 0.353 e. The molecule has 34 heavy (non-hydrogen) atoms. The average molecular weight is 504 g/mol. The first kappa shape index (κ1) is 23.8. The predicted octanol–water partition coefficient (Wildman–Crippen LogP) is 4.72. The first-order valence-electron chi connectivity index (χ1n) is 10.6. The van der Waals surface area contributed by atoms with Gasteiger partial charge in [0.2, 0.25) is 10.0 Å². The van der Waals surface area contributed by atoms with Crippen LogP contribution in [0.5, 0.6) is 0 Å². The quantitative estimate of drug-likeness (QED) is 0.380. The van der Waals surface area contributed by atoms with Crippen molar-refractivity contribution in [3.63, 3.8) is 0 Å². The van der Waals surface area contributed by atoms with Crippen LogP contribution in [0, 0.1) is 5.82 Å². The molecule has 0 aliphatic carbocycles. The molecule has 0 bridgehead atoms. The highest BCUT2D eigenvalue weighted by Crippen LogP contribution is 2.36. The van der Waals surface area contributed by atoms with Crippen molar-refractivity contribution in [2.24, 2.45) is 7.05 Å². The number of fused-ring (bicyclic) bond motifs is 1. The molecule has 2 aromatic heterocycles. The second-order valence-corrected chi connectivity index (χ2v) is 10.2. The van der Waals surface area contributed by atoms with Gasteiger partial charge in [-0.25, -0.2) is 12.8 Å². The van der Waals surface area contributed by atoms with Crippen LogP contribution in [0.3, 0.4) is 0 Å². The number of aryl methyl sites for hydroxylation is 2. The van der Waals surface area contributed by atoms with Gasteiger partial charge in [-0.1, -0.05) is 11.6 Å². The molecule has 11 heteroatoms. The monoisotopic (exact) mass is 503 g/mol. The molecule has 2 heterocycles. The lowest BCUT2D eigenvalue weighted by molar-refractivity contribution is 0.602. The summed E-state index contributed by atoms with van der Waals surface area (Å²) in [5, 5.41) is 8.29. The Kier molecular flexibility index (Phi) is 6.37. The summed E-state index contributed by atoms with van der Waals surface area (Å²) in [6, 6.07) is 9.12. The fourth-order valence-electron chi connectivity index (χ4n) is 3.57. The van der Waals surface area contributed by atoms with E-state index in [0.29, 0.717) is 39.9 Å². The Balaban J connectivity index is 1.96. The summed E-state index contributed by atoms with van der Waals surface area (Å²) in [5.74, 6) is -0.640. The van der Waals surface area contributed by atoms with E-state index >= 15 is 0 Å². The highest BCUT2D eigenvalue weighted by atomic mass is 35.5. The molecule has 4 aromatic rings. The zero-order valence-electron chi connectivity index (χ0n) is 18.8. The van der Waals surface area contributed by atoms with Gasteiger partial charge < -0.3 is 9.88 Å². The van der Waals surface area contributed by atoms with Gasteiger partial charge in [0.25, 0.3) is 5.56 Å². The van der Waals surface area contributed by atoms with Crippen molar-refractivity contribution in [3.8, 4) is 11.1 Å². The first-order valence-corrected chi connectivity index (χ1v) is 12.6. The molecule has 0 aliphatic heterocycles. The van der Waals surface area contributed by atoms with Gasteiger partial charge in [0.05, 0.1) is 16.8 Å². The van der Waals surface area contributed by atoms with E-state index in [1.54, 1.807) is 48.4 Å². The number of aromatic nitrogens is 3. The van der Waals surface area contributed by atoms with Crippen molar-refractivity contribution in [1.82, 2.24) is 14.3 Å². The topological polar surface area (TPSA) is 98.0 Å². The van der Waals surface area contributed by atoms with Gasteiger partial charge in [-0.05, 0) is 50.2 Å². The van der Waals surface area contributed by atoms with E-state index in [1.165, 1.54) is 23.6 Å². The van der Waals surface area contributed by atoms with Gasteiger partial charge in [-0.15, -0.1) is 0 Å². The molecule has 0 aliphatic rings. The summed E-state index contributed by atoms with van der Waals surface area (Å²) < 4.78 is 44.5. The van der Waals surface area contributed by atoms with E-state index < -0.39 is 15.8 Å². The van der Waals surface area contributed by atoms with Crippen LogP contribution in [-0.2, 0) is 23.6 Å². The number of anilines is 3.